The smallest absolute Gasteiger partial charge is 0.211 e. The number of aldehydes is 1. The lowest BCUT2D eigenvalue weighted by atomic mass is 10.1. The molecule has 0 bridgehead atoms. The molecule has 1 fully saturated rings. The summed E-state index contributed by atoms with van der Waals surface area (Å²) in [6.45, 7) is 1.94. The van der Waals surface area contributed by atoms with Crippen molar-refractivity contribution < 1.29 is 13.2 Å². The van der Waals surface area contributed by atoms with Gasteiger partial charge >= 0.3 is 0 Å². The van der Waals surface area contributed by atoms with E-state index in [0.29, 0.717) is 36.8 Å². The van der Waals surface area contributed by atoms with Gasteiger partial charge in [0.05, 0.1) is 6.26 Å². The monoisotopic (exact) mass is 302 g/mol. The Bertz CT molecular complexity index is 581. The lowest BCUT2D eigenvalue weighted by molar-refractivity contribution is 0.112. The van der Waals surface area contributed by atoms with Crippen molar-refractivity contribution in [1.82, 2.24) is 4.31 Å². The van der Waals surface area contributed by atoms with E-state index in [0.717, 1.165) is 12.0 Å². The second-order valence-corrected chi connectivity index (χ2v) is 6.89. The summed E-state index contributed by atoms with van der Waals surface area (Å²) in [5.74, 6) is 0. The Kier molecular flexibility index (Phi) is 4.13. The van der Waals surface area contributed by atoms with Gasteiger partial charge in [0.2, 0.25) is 10.0 Å². The van der Waals surface area contributed by atoms with Gasteiger partial charge in [-0.25, -0.2) is 8.42 Å². The van der Waals surface area contributed by atoms with E-state index >= 15 is 0 Å². The maximum absolute atomic E-state index is 11.4. The predicted octanol–water partition coefficient (Wildman–Crippen LogP) is 1.23. The van der Waals surface area contributed by atoms with E-state index < -0.39 is 10.0 Å². The van der Waals surface area contributed by atoms with Crippen LogP contribution in [0.25, 0.3) is 0 Å². The number of hydrogen-bond donors (Lipinski definition) is 0. The third kappa shape index (κ3) is 3.26. The maximum atomic E-state index is 11.4. The first kappa shape index (κ1) is 14.3. The summed E-state index contributed by atoms with van der Waals surface area (Å²) in [5, 5.41) is 0.561. The van der Waals surface area contributed by atoms with Crippen molar-refractivity contribution in [2.45, 2.75) is 0 Å². The summed E-state index contributed by atoms with van der Waals surface area (Å²) in [4.78, 5) is 13.0. The molecule has 0 atom stereocenters. The second kappa shape index (κ2) is 5.48. The molecular formula is C12H15ClN2O3S. The Labute approximate surface area is 117 Å². The Morgan fingerprint density at radius 2 is 1.84 bits per heavy atom. The summed E-state index contributed by atoms with van der Waals surface area (Å²) in [6, 6.07) is 5.08. The molecule has 0 radical (unpaired) electrons. The van der Waals surface area contributed by atoms with Gasteiger partial charge in [0.1, 0.15) is 0 Å². The van der Waals surface area contributed by atoms with Gasteiger partial charge in [-0.2, -0.15) is 4.31 Å². The minimum absolute atomic E-state index is 0.420. The predicted molar refractivity (Wildman–Crippen MR) is 75.5 cm³/mol. The molecule has 0 N–H and O–H groups in total. The summed E-state index contributed by atoms with van der Waals surface area (Å²) < 4.78 is 24.3. The van der Waals surface area contributed by atoms with E-state index in [1.807, 2.05) is 4.90 Å². The van der Waals surface area contributed by atoms with Crippen LogP contribution in [-0.4, -0.2) is 51.4 Å². The Hall–Kier alpha value is -1.11. The number of carbonyl (C=O) groups is 1. The molecule has 0 saturated carbocycles. The lowest BCUT2D eigenvalue weighted by Crippen LogP contribution is -2.48. The average Bonchev–Trinajstić information content (AvgIpc) is 2.38. The fourth-order valence-electron chi connectivity index (χ4n) is 2.15. The molecule has 1 heterocycles. The van der Waals surface area contributed by atoms with Gasteiger partial charge in [-0.05, 0) is 18.2 Å². The van der Waals surface area contributed by atoms with Crippen molar-refractivity contribution >= 4 is 33.6 Å². The third-order valence-corrected chi connectivity index (χ3v) is 4.71. The largest absolute Gasteiger partial charge is 0.368 e. The van der Waals surface area contributed by atoms with Crippen LogP contribution >= 0.6 is 11.6 Å². The van der Waals surface area contributed by atoms with Gasteiger partial charge in [-0.15, -0.1) is 0 Å². The summed E-state index contributed by atoms with van der Waals surface area (Å²) in [5.41, 5.74) is 1.33. The van der Waals surface area contributed by atoms with E-state index in [1.54, 1.807) is 18.2 Å². The van der Waals surface area contributed by atoms with Gasteiger partial charge in [-0.3, -0.25) is 4.79 Å². The summed E-state index contributed by atoms with van der Waals surface area (Å²) in [6.07, 6.45) is 1.99. The van der Waals surface area contributed by atoms with Crippen LogP contribution < -0.4 is 4.90 Å². The molecule has 2 rings (SSSR count). The van der Waals surface area contributed by atoms with Crippen LogP contribution in [0.2, 0.25) is 5.02 Å². The van der Waals surface area contributed by atoms with Gasteiger partial charge in [0.25, 0.3) is 0 Å². The van der Waals surface area contributed by atoms with Gasteiger partial charge in [-0.1, -0.05) is 11.6 Å². The molecule has 1 aliphatic heterocycles. The molecule has 5 nitrogen and oxygen atoms in total. The van der Waals surface area contributed by atoms with Crippen molar-refractivity contribution in [1.29, 1.82) is 0 Å². The molecule has 7 heteroatoms. The van der Waals surface area contributed by atoms with Crippen LogP contribution in [0.4, 0.5) is 5.69 Å². The highest BCUT2D eigenvalue weighted by Gasteiger charge is 2.24. The topological polar surface area (TPSA) is 57.7 Å². The van der Waals surface area contributed by atoms with E-state index in [4.69, 9.17) is 11.6 Å². The second-order valence-electron chi connectivity index (χ2n) is 4.47. The summed E-state index contributed by atoms with van der Waals surface area (Å²) in [7, 11) is -3.14. The molecule has 1 aromatic rings. The molecule has 19 heavy (non-hydrogen) atoms. The number of anilines is 1. The van der Waals surface area contributed by atoms with E-state index in [1.165, 1.54) is 10.6 Å². The highest BCUT2D eigenvalue weighted by molar-refractivity contribution is 7.88. The fourth-order valence-corrected chi connectivity index (χ4v) is 3.14. The molecule has 1 saturated heterocycles. The minimum atomic E-state index is -3.14. The number of carbonyl (C=O) groups excluding carboxylic acids is 1. The number of piperazine rings is 1. The first-order chi connectivity index (χ1) is 8.91. The van der Waals surface area contributed by atoms with Gasteiger partial charge in [0.15, 0.2) is 6.29 Å². The fraction of sp³-hybridized carbons (Fsp3) is 0.417. The summed E-state index contributed by atoms with van der Waals surface area (Å²) >= 11 is 5.95. The highest BCUT2D eigenvalue weighted by Crippen LogP contribution is 2.25. The molecule has 0 unspecified atom stereocenters. The number of hydrogen-bond acceptors (Lipinski definition) is 4. The zero-order valence-electron chi connectivity index (χ0n) is 10.5. The highest BCUT2D eigenvalue weighted by atomic mass is 35.5. The van der Waals surface area contributed by atoms with E-state index in [2.05, 4.69) is 0 Å². The van der Waals surface area contributed by atoms with Gasteiger partial charge in [0, 0.05) is 42.5 Å². The van der Waals surface area contributed by atoms with Crippen LogP contribution in [0, 0.1) is 0 Å². The Balaban J connectivity index is 2.18. The van der Waals surface area contributed by atoms with Crippen molar-refractivity contribution in [2.75, 3.05) is 37.3 Å². The zero-order chi connectivity index (χ0) is 14.0. The maximum Gasteiger partial charge on any atom is 0.211 e. The first-order valence-corrected chi connectivity index (χ1v) is 8.09. The molecule has 0 aliphatic carbocycles. The first-order valence-electron chi connectivity index (χ1n) is 5.86. The van der Waals surface area contributed by atoms with Crippen LogP contribution in [0.1, 0.15) is 10.4 Å². The van der Waals surface area contributed by atoms with Crippen molar-refractivity contribution in [2.24, 2.45) is 0 Å². The quantitative estimate of drug-likeness (QED) is 0.788. The van der Waals surface area contributed by atoms with Crippen LogP contribution in [0.15, 0.2) is 18.2 Å². The number of nitrogens with zero attached hydrogens (tertiary/aromatic N) is 2. The van der Waals surface area contributed by atoms with Crippen molar-refractivity contribution in [3.63, 3.8) is 0 Å². The lowest BCUT2D eigenvalue weighted by Gasteiger charge is -2.35. The van der Waals surface area contributed by atoms with Crippen molar-refractivity contribution in [3.05, 3.63) is 28.8 Å². The van der Waals surface area contributed by atoms with Gasteiger partial charge < -0.3 is 4.90 Å². The molecule has 0 amide bonds. The Morgan fingerprint density at radius 1 is 1.21 bits per heavy atom. The third-order valence-electron chi connectivity index (χ3n) is 3.17. The molecule has 1 aliphatic rings. The minimum Gasteiger partial charge on any atom is -0.368 e. The standard InChI is InChI=1S/C12H15ClN2O3S/c1-19(17,18)15-6-4-14(5-7-15)12-8-11(13)3-2-10(12)9-16/h2-3,8-9H,4-7H2,1H3. The molecule has 1 aromatic carbocycles. The number of halogens is 1. The molecule has 0 aromatic heterocycles. The molecule has 104 valence electrons. The number of rotatable bonds is 3. The van der Waals surface area contributed by atoms with E-state index in [-0.39, 0.29) is 0 Å². The normalized spacial score (nSPS) is 17.5. The van der Waals surface area contributed by atoms with Crippen LogP contribution in [0.3, 0.4) is 0 Å². The number of benzene rings is 1. The molecular weight excluding hydrogens is 288 g/mol. The zero-order valence-corrected chi connectivity index (χ0v) is 12.1. The number of sulfonamides is 1. The van der Waals surface area contributed by atoms with Crippen LogP contribution in [0.5, 0.6) is 0 Å². The van der Waals surface area contributed by atoms with Crippen LogP contribution in [-0.2, 0) is 10.0 Å². The Morgan fingerprint density at radius 3 is 2.37 bits per heavy atom. The van der Waals surface area contributed by atoms with E-state index in [9.17, 15) is 13.2 Å². The average molecular weight is 303 g/mol. The van der Waals surface area contributed by atoms with Crippen molar-refractivity contribution in [3.8, 4) is 0 Å². The SMILES string of the molecule is CS(=O)(=O)N1CCN(c2cc(Cl)ccc2C=O)CC1. The molecule has 0 spiro atoms.